The Balaban J connectivity index is 2.14. The van der Waals surface area contributed by atoms with Gasteiger partial charge in [-0.05, 0) is 24.7 Å². The molecule has 1 aromatic rings. The van der Waals surface area contributed by atoms with Gasteiger partial charge >= 0.3 is 5.97 Å². The molecule has 1 saturated carbocycles. The van der Waals surface area contributed by atoms with Gasteiger partial charge in [-0.15, -0.1) is 10.2 Å². The number of rotatable bonds is 6. The lowest BCUT2D eigenvalue weighted by molar-refractivity contribution is -0.139. The first kappa shape index (κ1) is 15.0. The van der Waals surface area contributed by atoms with Crippen molar-refractivity contribution in [3.8, 4) is 0 Å². The highest BCUT2D eigenvalue weighted by Crippen LogP contribution is 2.43. The summed E-state index contributed by atoms with van der Waals surface area (Å²) in [6, 6.07) is 0. The van der Waals surface area contributed by atoms with Crippen molar-refractivity contribution in [2.45, 2.75) is 71.1 Å². The van der Waals surface area contributed by atoms with Crippen molar-refractivity contribution in [2.24, 2.45) is 5.41 Å². The Morgan fingerprint density at radius 3 is 2.55 bits per heavy atom. The lowest BCUT2D eigenvalue weighted by Gasteiger charge is -2.25. The number of carboxylic acid groups (broad SMARTS) is 1. The summed E-state index contributed by atoms with van der Waals surface area (Å²) in [5.41, 5.74) is -0.313. The first-order valence-corrected chi connectivity index (χ1v) is 7.42. The summed E-state index contributed by atoms with van der Waals surface area (Å²) >= 11 is 0. The van der Waals surface area contributed by atoms with E-state index in [1.54, 1.807) is 0 Å². The van der Waals surface area contributed by atoms with E-state index in [1.165, 1.54) is 0 Å². The van der Waals surface area contributed by atoms with Gasteiger partial charge in [0, 0.05) is 11.8 Å². The summed E-state index contributed by atoms with van der Waals surface area (Å²) < 4.78 is 5.79. The predicted molar refractivity (Wildman–Crippen MR) is 74.5 cm³/mol. The van der Waals surface area contributed by atoms with Gasteiger partial charge < -0.3 is 9.52 Å². The molecule has 1 aliphatic carbocycles. The maximum Gasteiger partial charge on any atom is 0.303 e. The van der Waals surface area contributed by atoms with Gasteiger partial charge in [-0.1, -0.05) is 33.6 Å². The fourth-order valence-corrected chi connectivity index (χ4v) is 2.93. The summed E-state index contributed by atoms with van der Waals surface area (Å²) in [7, 11) is 0. The maximum atomic E-state index is 11.1. The second kappa shape index (κ2) is 5.54. The zero-order valence-electron chi connectivity index (χ0n) is 12.6. The normalized spacial score (nSPS) is 18.4. The highest BCUT2D eigenvalue weighted by molar-refractivity contribution is 5.67. The molecular formula is C15H24N2O3. The lowest BCUT2D eigenvalue weighted by Crippen LogP contribution is -2.24. The summed E-state index contributed by atoms with van der Waals surface area (Å²) in [5, 5.41) is 17.4. The van der Waals surface area contributed by atoms with Crippen LogP contribution in [0.5, 0.6) is 0 Å². The first-order valence-electron chi connectivity index (χ1n) is 7.42. The van der Waals surface area contributed by atoms with Crippen LogP contribution in [0.2, 0.25) is 0 Å². The number of carboxylic acids is 1. The molecule has 0 aliphatic heterocycles. The second-order valence-electron chi connectivity index (χ2n) is 6.69. The summed E-state index contributed by atoms with van der Waals surface area (Å²) in [4.78, 5) is 11.1. The van der Waals surface area contributed by atoms with Gasteiger partial charge in [0.25, 0.3) is 0 Å². The molecule has 5 nitrogen and oxygen atoms in total. The molecule has 0 atom stereocenters. The van der Waals surface area contributed by atoms with Gasteiger partial charge in [0.1, 0.15) is 0 Å². The molecule has 0 radical (unpaired) electrons. The van der Waals surface area contributed by atoms with E-state index in [0.717, 1.165) is 32.1 Å². The third-order valence-electron chi connectivity index (χ3n) is 4.65. The van der Waals surface area contributed by atoms with E-state index in [1.807, 2.05) is 0 Å². The minimum atomic E-state index is -0.736. The van der Waals surface area contributed by atoms with Crippen molar-refractivity contribution in [1.29, 1.82) is 0 Å². The molecule has 1 aromatic heterocycles. The molecule has 20 heavy (non-hydrogen) atoms. The molecule has 0 bridgehead atoms. The van der Waals surface area contributed by atoms with E-state index in [9.17, 15) is 4.79 Å². The van der Waals surface area contributed by atoms with Crippen molar-refractivity contribution in [1.82, 2.24) is 10.2 Å². The smallest absolute Gasteiger partial charge is 0.303 e. The van der Waals surface area contributed by atoms with Crippen LogP contribution in [0.4, 0.5) is 0 Å². The Kier molecular flexibility index (Phi) is 4.16. The summed E-state index contributed by atoms with van der Waals surface area (Å²) in [6.07, 6.45) is 5.77. The van der Waals surface area contributed by atoms with Crippen LogP contribution in [-0.4, -0.2) is 21.3 Å². The zero-order valence-corrected chi connectivity index (χ0v) is 12.6. The fourth-order valence-electron chi connectivity index (χ4n) is 2.93. The van der Waals surface area contributed by atoms with Gasteiger partial charge in [0.05, 0.1) is 6.42 Å². The molecule has 0 unspecified atom stereocenters. The third kappa shape index (κ3) is 3.19. The summed E-state index contributed by atoms with van der Waals surface area (Å²) in [6.45, 7) is 6.24. The lowest BCUT2D eigenvalue weighted by atomic mass is 9.79. The van der Waals surface area contributed by atoms with E-state index in [4.69, 9.17) is 9.52 Å². The maximum absolute atomic E-state index is 11.1. The standard InChI is InChI=1S/C15H24N2O3/c1-4-14(2,3)13-17-16-11(20-13)9-15(10-12(18)19)7-5-6-8-15/h4-10H2,1-3H3,(H,18,19). The van der Waals surface area contributed by atoms with Crippen molar-refractivity contribution < 1.29 is 14.3 Å². The largest absolute Gasteiger partial charge is 0.481 e. The molecule has 0 spiro atoms. The SMILES string of the molecule is CCC(C)(C)c1nnc(CC2(CC(=O)O)CCCC2)o1. The number of aliphatic carboxylic acids is 1. The second-order valence-corrected chi connectivity index (χ2v) is 6.69. The van der Waals surface area contributed by atoms with Crippen LogP contribution in [0.1, 0.15) is 71.1 Å². The molecular weight excluding hydrogens is 256 g/mol. The minimum Gasteiger partial charge on any atom is -0.481 e. The van der Waals surface area contributed by atoms with Gasteiger partial charge in [0.2, 0.25) is 11.8 Å². The van der Waals surface area contributed by atoms with Crippen LogP contribution in [0, 0.1) is 5.41 Å². The van der Waals surface area contributed by atoms with Crippen LogP contribution < -0.4 is 0 Å². The molecule has 2 rings (SSSR count). The topological polar surface area (TPSA) is 76.2 Å². The number of aromatic nitrogens is 2. The highest BCUT2D eigenvalue weighted by Gasteiger charge is 2.38. The van der Waals surface area contributed by atoms with Crippen molar-refractivity contribution >= 4 is 5.97 Å². The van der Waals surface area contributed by atoms with Crippen molar-refractivity contribution in [2.75, 3.05) is 0 Å². The summed E-state index contributed by atoms with van der Waals surface area (Å²) in [5.74, 6) is 0.503. The average molecular weight is 280 g/mol. The van der Waals surface area contributed by atoms with E-state index in [2.05, 4.69) is 31.0 Å². The van der Waals surface area contributed by atoms with Crippen LogP contribution >= 0.6 is 0 Å². The highest BCUT2D eigenvalue weighted by atomic mass is 16.4. The van der Waals surface area contributed by atoms with Crippen LogP contribution in [-0.2, 0) is 16.6 Å². The number of hydrogen-bond donors (Lipinski definition) is 1. The van der Waals surface area contributed by atoms with Gasteiger partial charge in [-0.2, -0.15) is 0 Å². The van der Waals surface area contributed by atoms with E-state index >= 15 is 0 Å². The third-order valence-corrected chi connectivity index (χ3v) is 4.65. The Morgan fingerprint density at radius 1 is 1.35 bits per heavy atom. The fraction of sp³-hybridized carbons (Fsp3) is 0.800. The molecule has 5 heteroatoms. The van der Waals surface area contributed by atoms with Gasteiger partial charge in [-0.25, -0.2) is 0 Å². The number of nitrogens with zero attached hydrogens (tertiary/aromatic N) is 2. The Bertz CT molecular complexity index is 473. The van der Waals surface area contributed by atoms with Crippen LogP contribution in [0.3, 0.4) is 0 Å². The van der Waals surface area contributed by atoms with Crippen molar-refractivity contribution in [3.63, 3.8) is 0 Å². The quantitative estimate of drug-likeness (QED) is 0.864. The molecule has 0 aromatic carbocycles. The molecule has 1 heterocycles. The molecule has 112 valence electrons. The van der Waals surface area contributed by atoms with Crippen molar-refractivity contribution in [3.05, 3.63) is 11.8 Å². The van der Waals surface area contributed by atoms with Gasteiger partial charge in [-0.3, -0.25) is 4.79 Å². The average Bonchev–Trinajstić information content (AvgIpc) is 2.99. The Morgan fingerprint density at radius 2 is 2.00 bits per heavy atom. The van der Waals surface area contributed by atoms with Crippen LogP contribution in [0.15, 0.2) is 4.42 Å². The van der Waals surface area contributed by atoms with Crippen LogP contribution in [0.25, 0.3) is 0 Å². The number of carbonyl (C=O) groups is 1. The minimum absolute atomic E-state index is 0.124. The first-order chi connectivity index (χ1) is 9.37. The van der Waals surface area contributed by atoms with Gasteiger partial charge in [0.15, 0.2) is 0 Å². The molecule has 1 N–H and O–H groups in total. The van der Waals surface area contributed by atoms with E-state index in [0.29, 0.717) is 18.2 Å². The van der Waals surface area contributed by atoms with E-state index in [-0.39, 0.29) is 17.3 Å². The Labute approximate surface area is 119 Å². The molecule has 0 saturated heterocycles. The number of hydrogen-bond acceptors (Lipinski definition) is 4. The monoisotopic (exact) mass is 280 g/mol. The predicted octanol–water partition coefficient (Wildman–Crippen LogP) is 3.33. The molecule has 1 fully saturated rings. The Hall–Kier alpha value is -1.39. The zero-order chi connectivity index (χ0) is 14.8. The molecule has 1 aliphatic rings. The molecule has 0 amide bonds. The van der Waals surface area contributed by atoms with E-state index < -0.39 is 5.97 Å².